The van der Waals surface area contributed by atoms with Gasteiger partial charge in [0.25, 0.3) is 0 Å². The molecule has 4 nitrogen and oxygen atoms in total. The van der Waals surface area contributed by atoms with Gasteiger partial charge in [-0.25, -0.2) is 0 Å². The van der Waals surface area contributed by atoms with Gasteiger partial charge in [-0.1, -0.05) is 32.9 Å². The Morgan fingerprint density at radius 1 is 1.15 bits per heavy atom. The summed E-state index contributed by atoms with van der Waals surface area (Å²) in [5.41, 5.74) is 1.02. The van der Waals surface area contributed by atoms with Crippen molar-refractivity contribution in [1.29, 1.82) is 0 Å². The summed E-state index contributed by atoms with van der Waals surface area (Å²) in [7, 11) is 0. The highest BCUT2D eigenvalue weighted by atomic mass is 19.4. The number of hydrogen-bond donors (Lipinski definition) is 0. The van der Waals surface area contributed by atoms with Crippen LogP contribution in [0.5, 0.6) is 0 Å². The Balaban J connectivity index is 2.07. The monoisotopic (exact) mass is 382 g/mol. The maximum Gasteiger partial charge on any atom is 0.406 e. The Morgan fingerprint density at radius 3 is 2.26 bits per heavy atom. The van der Waals surface area contributed by atoms with Gasteiger partial charge in [0.2, 0.25) is 11.8 Å². The average molecular weight is 382 g/mol. The lowest BCUT2D eigenvalue weighted by atomic mass is 9.96. The molecule has 0 aromatic heterocycles. The van der Waals surface area contributed by atoms with E-state index in [0.717, 1.165) is 23.1 Å². The summed E-state index contributed by atoms with van der Waals surface area (Å²) in [6.45, 7) is 4.77. The zero-order valence-electron chi connectivity index (χ0n) is 15.8. The Hall–Kier alpha value is -2.31. The van der Waals surface area contributed by atoms with Crippen LogP contribution < -0.4 is 4.90 Å². The number of alkyl halides is 3. The summed E-state index contributed by atoms with van der Waals surface area (Å²) in [5, 5.41) is 0. The minimum absolute atomic E-state index is 0.00565. The van der Waals surface area contributed by atoms with Gasteiger partial charge < -0.3 is 9.80 Å². The highest BCUT2D eigenvalue weighted by Gasteiger charge is 2.34. The van der Waals surface area contributed by atoms with Gasteiger partial charge in [0, 0.05) is 31.3 Å². The number of rotatable bonds is 5. The number of benzene rings is 1. The summed E-state index contributed by atoms with van der Waals surface area (Å²) in [6, 6.07) is 7.02. The number of hydrogen-bond acceptors (Lipinski definition) is 2. The number of carbonyl (C=O) groups excluding carboxylic acids is 2. The molecular weight excluding hydrogens is 357 g/mol. The quantitative estimate of drug-likeness (QED) is 0.714. The van der Waals surface area contributed by atoms with Crippen molar-refractivity contribution in [3.05, 3.63) is 35.9 Å². The molecule has 0 N–H and O–H groups in total. The van der Waals surface area contributed by atoms with Crippen LogP contribution >= 0.6 is 0 Å². The van der Waals surface area contributed by atoms with Crippen LogP contribution in [0, 0.1) is 5.41 Å². The summed E-state index contributed by atoms with van der Waals surface area (Å²) in [4.78, 5) is 26.5. The van der Waals surface area contributed by atoms with E-state index in [4.69, 9.17) is 0 Å². The number of carbonyl (C=O) groups is 2. The van der Waals surface area contributed by atoms with Gasteiger partial charge in [0.15, 0.2) is 0 Å². The van der Waals surface area contributed by atoms with Gasteiger partial charge in [-0.3, -0.25) is 9.59 Å². The summed E-state index contributed by atoms with van der Waals surface area (Å²) < 4.78 is 38.3. The average Bonchev–Trinajstić information content (AvgIpc) is 2.96. The highest BCUT2D eigenvalue weighted by molar-refractivity contribution is 5.95. The van der Waals surface area contributed by atoms with Crippen LogP contribution in [-0.2, 0) is 9.59 Å². The van der Waals surface area contributed by atoms with E-state index in [1.54, 1.807) is 49.9 Å². The first-order chi connectivity index (χ1) is 12.4. The number of nitrogens with zero attached hydrogens (tertiary/aromatic N) is 2. The molecule has 2 amide bonds. The Kier molecular flexibility index (Phi) is 6.34. The number of halogens is 3. The maximum atomic E-state index is 12.8. The SMILES string of the molecule is CC(C)(C)CN(CC(F)(F)F)C(=O)/C=C/c1ccc(N2CCCC2=O)cc1. The summed E-state index contributed by atoms with van der Waals surface area (Å²) in [5.74, 6) is -0.598. The molecule has 0 aliphatic carbocycles. The van der Waals surface area contributed by atoms with Gasteiger partial charge in [-0.15, -0.1) is 0 Å². The van der Waals surface area contributed by atoms with E-state index in [0.29, 0.717) is 18.5 Å². The lowest BCUT2D eigenvalue weighted by Crippen LogP contribution is -2.42. The Morgan fingerprint density at radius 2 is 1.78 bits per heavy atom. The van der Waals surface area contributed by atoms with Crippen LogP contribution in [0.4, 0.5) is 18.9 Å². The molecule has 0 spiro atoms. The smallest absolute Gasteiger partial charge is 0.330 e. The normalized spacial score (nSPS) is 15.6. The first-order valence-corrected chi connectivity index (χ1v) is 8.89. The van der Waals surface area contributed by atoms with Crippen LogP contribution in [0.3, 0.4) is 0 Å². The van der Waals surface area contributed by atoms with E-state index in [-0.39, 0.29) is 12.5 Å². The van der Waals surface area contributed by atoms with E-state index in [9.17, 15) is 22.8 Å². The zero-order valence-corrected chi connectivity index (χ0v) is 15.8. The molecule has 148 valence electrons. The molecule has 0 radical (unpaired) electrons. The largest absolute Gasteiger partial charge is 0.406 e. The predicted octanol–water partition coefficient (Wildman–Crippen LogP) is 4.26. The lowest BCUT2D eigenvalue weighted by molar-refractivity contribution is -0.160. The van der Waals surface area contributed by atoms with Crippen molar-refractivity contribution in [2.75, 3.05) is 24.5 Å². The van der Waals surface area contributed by atoms with Crippen molar-refractivity contribution in [3.63, 3.8) is 0 Å². The van der Waals surface area contributed by atoms with E-state index >= 15 is 0 Å². The maximum absolute atomic E-state index is 12.8. The fourth-order valence-corrected chi connectivity index (χ4v) is 2.96. The topological polar surface area (TPSA) is 40.6 Å². The third kappa shape index (κ3) is 6.73. The second-order valence-electron chi connectivity index (χ2n) is 7.94. The Bertz CT molecular complexity index is 687. The molecule has 7 heteroatoms. The fourth-order valence-electron chi connectivity index (χ4n) is 2.96. The molecule has 1 aliphatic heterocycles. The van der Waals surface area contributed by atoms with E-state index in [1.165, 1.54) is 6.08 Å². The molecule has 1 heterocycles. The second kappa shape index (κ2) is 8.15. The van der Waals surface area contributed by atoms with Crippen molar-refractivity contribution in [2.45, 2.75) is 39.8 Å². The van der Waals surface area contributed by atoms with Crippen molar-refractivity contribution in [1.82, 2.24) is 4.90 Å². The molecule has 0 saturated carbocycles. The van der Waals surface area contributed by atoms with Crippen molar-refractivity contribution in [2.24, 2.45) is 5.41 Å². The van der Waals surface area contributed by atoms with Gasteiger partial charge in [-0.2, -0.15) is 13.2 Å². The van der Waals surface area contributed by atoms with Crippen LogP contribution in [0.25, 0.3) is 6.08 Å². The molecular formula is C20H25F3N2O2. The standard InChI is InChI=1S/C20H25F3N2O2/c1-19(2,3)13-24(14-20(21,22)23)17(26)11-8-15-6-9-16(10-7-15)25-12-4-5-18(25)27/h6-11H,4-5,12-14H2,1-3H3/b11-8+. The third-order valence-corrected chi connectivity index (χ3v) is 4.04. The molecule has 0 unspecified atom stereocenters. The molecule has 27 heavy (non-hydrogen) atoms. The molecule has 2 rings (SSSR count). The van der Waals surface area contributed by atoms with Crippen molar-refractivity contribution >= 4 is 23.6 Å². The van der Waals surface area contributed by atoms with Crippen LogP contribution in [0.15, 0.2) is 30.3 Å². The Labute approximate surface area is 157 Å². The van der Waals surface area contributed by atoms with Gasteiger partial charge >= 0.3 is 6.18 Å². The summed E-state index contributed by atoms with van der Waals surface area (Å²) in [6.07, 6.45) is -0.424. The van der Waals surface area contributed by atoms with Crippen LogP contribution in [0.1, 0.15) is 39.2 Å². The number of amides is 2. The van der Waals surface area contributed by atoms with Gasteiger partial charge in [-0.05, 0) is 35.6 Å². The highest BCUT2D eigenvalue weighted by Crippen LogP contribution is 2.23. The molecule has 0 atom stereocenters. The molecule has 1 aliphatic rings. The number of anilines is 1. The predicted molar refractivity (Wildman–Crippen MR) is 99.2 cm³/mol. The second-order valence-corrected chi connectivity index (χ2v) is 7.94. The first kappa shape index (κ1) is 21.0. The first-order valence-electron chi connectivity index (χ1n) is 8.89. The minimum atomic E-state index is -4.45. The van der Waals surface area contributed by atoms with E-state index in [2.05, 4.69) is 0 Å². The molecule has 1 aromatic carbocycles. The zero-order chi connectivity index (χ0) is 20.2. The fraction of sp³-hybridized carbons (Fsp3) is 0.500. The summed E-state index contributed by atoms with van der Waals surface area (Å²) >= 11 is 0. The van der Waals surface area contributed by atoms with Gasteiger partial charge in [0.1, 0.15) is 6.54 Å². The van der Waals surface area contributed by atoms with E-state index < -0.39 is 24.0 Å². The molecule has 1 aromatic rings. The minimum Gasteiger partial charge on any atom is -0.330 e. The molecule has 0 bridgehead atoms. The molecule has 1 fully saturated rings. The third-order valence-electron chi connectivity index (χ3n) is 4.04. The lowest BCUT2D eigenvalue weighted by Gasteiger charge is -2.29. The van der Waals surface area contributed by atoms with Crippen molar-refractivity contribution in [3.8, 4) is 0 Å². The van der Waals surface area contributed by atoms with Crippen LogP contribution in [-0.4, -0.2) is 42.5 Å². The van der Waals surface area contributed by atoms with Crippen LogP contribution in [0.2, 0.25) is 0 Å². The van der Waals surface area contributed by atoms with Crippen molar-refractivity contribution < 1.29 is 22.8 Å². The van der Waals surface area contributed by atoms with E-state index in [1.807, 2.05) is 0 Å². The molecule has 1 saturated heterocycles. The van der Waals surface area contributed by atoms with Gasteiger partial charge in [0.05, 0.1) is 0 Å².